The second kappa shape index (κ2) is 5.23. The quantitative estimate of drug-likeness (QED) is 0.913. The Kier molecular flexibility index (Phi) is 3.66. The van der Waals surface area contributed by atoms with Gasteiger partial charge in [0.15, 0.2) is 0 Å². The molecule has 0 aliphatic rings. The van der Waals surface area contributed by atoms with Crippen LogP contribution in [0.2, 0.25) is 0 Å². The minimum Gasteiger partial charge on any atom is -0.373 e. The topological polar surface area (TPSA) is 75.2 Å². The molecule has 6 nitrogen and oxygen atoms in total. The Morgan fingerprint density at radius 2 is 1.95 bits per heavy atom. The summed E-state index contributed by atoms with van der Waals surface area (Å²) < 4.78 is 25.8. The maximum Gasteiger partial charge on any atom is 0.266 e. The largest absolute Gasteiger partial charge is 0.373 e. The Morgan fingerprint density at radius 3 is 2.47 bits per heavy atom. The van der Waals surface area contributed by atoms with Gasteiger partial charge in [-0.15, -0.1) is 0 Å². The molecule has 1 N–H and O–H groups in total. The van der Waals surface area contributed by atoms with Gasteiger partial charge in [-0.2, -0.15) is 0 Å². The van der Waals surface area contributed by atoms with Crippen molar-refractivity contribution in [2.45, 2.75) is 4.90 Å². The van der Waals surface area contributed by atoms with E-state index in [1.165, 1.54) is 19.3 Å². The molecule has 0 aliphatic heterocycles. The summed E-state index contributed by atoms with van der Waals surface area (Å²) in [6.45, 7) is 0. The van der Waals surface area contributed by atoms with Gasteiger partial charge in [-0.1, -0.05) is 6.07 Å². The van der Waals surface area contributed by atoms with Crippen LogP contribution in [0.5, 0.6) is 0 Å². The lowest BCUT2D eigenvalue weighted by atomic mass is 10.5. The van der Waals surface area contributed by atoms with Gasteiger partial charge in [-0.25, -0.2) is 18.4 Å². The summed E-state index contributed by atoms with van der Waals surface area (Å²) >= 11 is 0. The van der Waals surface area contributed by atoms with E-state index in [9.17, 15) is 8.42 Å². The molecular weight excluding hydrogens is 264 g/mol. The van der Waals surface area contributed by atoms with Gasteiger partial charge in [0.2, 0.25) is 0 Å². The molecule has 0 bridgehead atoms. The van der Waals surface area contributed by atoms with Crippen LogP contribution in [0.1, 0.15) is 0 Å². The summed E-state index contributed by atoms with van der Waals surface area (Å²) in [6.07, 6.45) is 2.87. The zero-order valence-electron chi connectivity index (χ0n) is 10.6. The number of hydrogen-bond acceptors (Lipinski definition) is 5. The van der Waals surface area contributed by atoms with E-state index in [4.69, 9.17) is 0 Å². The molecule has 0 aliphatic carbocycles. The third-order valence-electron chi connectivity index (χ3n) is 2.62. The van der Waals surface area contributed by atoms with Gasteiger partial charge in [0.05, 0.1) is 0 Å². The Hall–Kier alpha value is -2.15. The number of hydrogen-bond donors (Lipinski definition) is 1. The van der Waals surface area contributed by atoms with E-state index < -0.39 is 10.0 Å². The first-order valence-corrected chi connectivity index (χ1v) is 7.03. The standard InChI is InChI=1S/C12H14N4O2S/c1-13-11-7-6-10(9-15-11)19(17,18)16(2)12-5-3-4-8-14-12/h3-9H,1-2H3,(H,13,15). The number of anilines is 2. The number of nitrogens with zero attached hydrogens (tertiary/aromatic N) is 3. The van der Waals surface area contributed by atoms with Crippen LogP contribution in [0.25, 0.3) is 0 Å². The number of aromatic nitrogens is 2. The van der Waals surface area contributed by atoms with Crippen LogP contribution >= 0.6 is 0 Å². The van der Waals surface area contributed by atoms with Crippen molar-refractivity contribution in [2.24, 2.45) is 0 Å². The molecule has 0 spiro atoms. The lowest BCUT2D eigenvalue weighted by Crippen LogP contribution is -2.27. The van der Waals surface area contributed by atoms with Gasteiger partial charge in [0, 0.05) is 26.5 Å². The van der Waals surface area contributed by atoms with E-state index in [2.05, 4.69) is 15.3 Å². The van der Waals surface area contributed by atoms with Crippen molar-refractivity contribution in [2.75, 3.05) is 23.7 Å². The summed E-state index contributed by atoms with van der Waals surface area (Å²) in [6, 6.07) is 8.21. The Balaban J connectivity index is 2.36. The van der Waals surface area contributed by atoms with Crippen molar-refractivity contribution < 1.29 is 8.42 Å². The average molecular weight is 278 g/mol. The van der Waals surface area contributed by atoms with Crippen LogP contribution in [-0.2, 0) is 10.0 Å². The zero-order valence-corrected chi connectivity index (χ0v) is 11.4. The molecule has 0 fully saturated rings. The highest BCUT2D eigenvalue weighted by atomic mass is 32.2. The monoisotopic (exact) mass is 278 g/mol. The third kappa shape index (κ3) is 2.65. The summed E-state index contributed by atoms with van der Waals surface area (Å²) in [5, 5.41) is 2.83. The van der Waals surface area contributed by atoms with Crippen LogP contribution in [0.15, 0.2) is 47.6 Å². The van der Waals surface area contributed by atoms with E-state index in [1.807, 2.05) is 0 Å². The third-order valence-corrected chi connectivity index (χ3v) is 4.37. The van der Waals surface area contributed by atoms with Crippen LogP contribution in [-0.4, -0.2) is 32.5 Å². The minimum absolute atomic E-state index is 0.125. The van der Waals surface area contributed by atoms with E-state index >= 15 is 0 Å². The predicted octanol–water partition coefficient (Wildman–Crippen LogP) is 1.34. The summed E-state index contributed by atoms with van der Waals surface area (Å²) in [5.41, 5.74) is 0. The lowest BCUT2D eigenvalue weighted by Gasteiger charge is -2.18. The molecule has 0 saturated heterocycles. The number of rotatable bonds is 4. The fraction of sp³-hybridized carbons (Fsp3) is 0.167. The first kappa shape index (κ1) is 13.3. The maximum absolute atomic E-state index is 12.4. The molecule has 0 atom stereocenters. The molecule has 7 heteroatoms. The first-order chi connectivity index (χ1) is 9.05. The normalized spacial score (nSPS) is 11.1. The van der Waals surface area contributed by atoms with Crippen molar-refractivity contribution in [1.82, 2.24) is 9.97 Å². The molecule has 2 rings (SSSR count). The van der Waals surface area contributed by atoms with E-state index in [1.54, 1.807) is 37.5 Å². The first-order valence-electron chi connectivity index (χ1n) is 5.59. The Morgan fingerprint density at radius 1 is 1.16 bits per heavy atom. The second-order valence-electron chi connectivity index (χ2n) is 3.79. The highest BCUT2D eigenvalue weighted by Gasteiger charge is 2.22. The van der Waals surface area contributed by atoms with E-state index in [0.29, 0.717) is 11.6 Å². The molecule has 0 saturated carbocycles. The van der Waals surface area contributed by atoms with Crippen LogP contribution in [0.3, 0.4) is 0 Å². The smallest absolute Gasteiger partial charge is 0.266 e. The molecule has 0 amide bonds. The van der Waals surface area contributed by atoms with Crippen molar-refractivity contribution in [3.8, 4) is 0 Å². The SMILES string of the molecule is CNc1ccc(S(=O)(=O)N(C)c2ccccn2)cn1. The van der Waals surface area contributed by atoms with Crippen LogP contribution < -0.4 is 9.62 Å². The number of pyridine rings is 2. The minimum atomic E-state index is -3.64. The lowest BCUT2D eigenvalue weighted by molar-refractivity contribution is 0.593. The molecular formula is C12H14N4O2S. The fourth-order valence-electron chi connectivity index (χ4n) is 1.50. The second-order valence-corrected chi connectivity index (χ2v) is 5.76. The fourth-order valence-corrected chi connectivity index (χ4v) is 2.60. The average Bonchev–Trinajstić information content (AvgIpc) is 2.47. The summed E-state index contributed by atoms with van der Waals surface area (Å²) in [4.78, 5) is 8.15. The Labute approximate surface area is 112 Å². The molecule has 0 radical (unpaired) electrons. The van der Waals surface area contributed by atoms with E-state index in [0.717, 1.165) is 4.31 Å². The molecule has 0 unspecified atom stereocenters. The van der Waals surface area contributed by atoms with Gasteiger partial charge < -0.3 is 5.32 Å². The van der Waals surface area contributed by atoms with Crippen LogP contribution in [0, 0.1) is 0 Å². The molecule has 19 heavy (non-hydrogen) atoms. The van der Waals surface area contributed by atoms with E-state index in [-0.39, 0.29) is 4.90 Å². The Bertz CT molecular complexity index is 641. The van der Waals surface area contributed by atoms with Gasteiger partial charge in [-0.3, -0.25) is 4.31 Å². The summed E-state index contributed by atoms with van der Waals surface area (Å²) in [7, 11) is -0.456. The zero-order chi connectivity index (χ0) is 13.9. The molecule has 2 heterocycles. The van der Waals surface area contributed by atoms with Crippen LogP contribution in [0.4, 0.5) is 11.6 Å². The van der Waals surface area contributed by atoms with Crippen molar-refractivity contribution >= 4 is 21.7 Å². The van der Waals surface area contributed by atoms with Crippen molar-refractivity contribution in [1.29, 1.82) is 0 Å². The molecule has 2 aromatic rings. The van der Waals surface area contributed by atoms with Gasteiger partial charge in [0.1, 0.15) is 16.5 Å². The molecule has 100 valence electrons. The summed E-state index contributed by atoms with van der Waals surface area (Å²) in [5.74, 6) is 0.972. The van der Waals surface area contributed by atoms with Gasteiger partial charge >= 0.3 is 0 Å². The van der Waals surface area contributed by atoms with Crippen molar-refractivity contribution in [3.63, 3.8) is 0 Å². The maximum atomic E-state index is 12.4. The van der Waals surface area contributed by atoms with Gasteiger partial charge in [0.25, 0.3) is 10.0 Å². The predicted molar refractivity (Wildman–Crippen MR) is 73.6 cm³/mol. The molecule has 2 aromatic heterocycles. The van der Waals surface area contributed by atoms with Gasteiger partial charge in [-0.05, 0) is 24.3 Å². The van der Waals surface area contributed by atoms with Crippen molar-refractivity contribution in [3.05, 3.63) is 42.7 Å². The number of sulfonamides is 1. The highest BCUT2D eigenvalue weighted by Crippen LogP contribution is 2.19. The highest BCUT2D eigenvalue weighted by molar-refractivity contribution is 7.92. The number of nitrogens with one attached hydrogen (secondary N) is 1. The molecule has 0 aromatic carbocycles.